The van der Waals surface area contributed by atoms with Gasteiger partial charge in [-0.25, -0.2) is 0 Å². The second kappa shape index (κ2) is 11.5. The maximum atomic E-state index is 13.1. The highest BCUT2D eigenvalue weighted by molar-refractivity contribution is 7.08. The number of nitrogens with zero attached hydrogens (tertiary/aromatic N) is 1. The number of carbonyl (C=O) groups excluding carboxylic acids is 2. The summed E-state index contributed by atoms with van der Waals surface area (Å²) in [5.41, 5.74) is 2.86. The number of hydrogen-bond donors (Lipinski definition) is 0. The Morgan fingerprint density at radius 3 is 1.55 bits per heavy atom. The molecule has 0 N–H and O–H groups in total. The van der Waals surface area contributed by atoms with Gasteiger partial charge in [0, 0.05) is 6.54 Å². The van der Waals surface area contributed by atoms with Crippen LogP contribution in [0.5, 0.6) is 0 Å². The van der Waals surface area contributed by atoms with Crippen LogP contribution in [-0.2, 0) is 9.59 Å². The topological polar surface area (TPSA) is 37.4 Å². The van der Waals surface area contributed by atoms with E-state index < -0.39 is 0 Å². The monoisotopic (exact) mass is 429 g/mol. The fourth-order valence-electron chi connectivity index (χ4n) is 3.89. The molecule has 3 nitrogen and oxygen atoms in total. The van der Waals surface area contributed by atoms with Gasteiger partial charge in [-0.05, 0) is 51.2 Å². The van der Waals surface area contributed by atoms with Gasteiger partial charge in [0.2, 0.25) is 0 Å². The fraction of sp³-hybridized carbons (Fsp3) is 0.500. The van der Waals surface area contributed by atoms with E-state index in [-0.39, 0.29) is 11.8 Å². The molecule has 3 heterocycles. The third kappa shape index (κ3) is 5.67. The molecular weight excluding hydrogens is 398 g/mol. The van der Waals surface area contributed by atoms with Crippen molar-refractivity contribution < 1.29 is 9.59 Å². The normalized spacial score (nSPS) is 14.4. The molecule has 2 amide bonds. The molecule has 0 radical (unpaired) electrons. The van der Waals surface area contributed by atoms with Crippen LogP contribution in [0.25, 0.3) is 11.1 Å². The highest BCUT2D eigenvalue weighted by Gasteiger charge is 2.39. The first-order chi connectivity index (χ1) is 14.2. The summed E-state index contributed by atoms with van der Waals surface area (Å²) in [7, 11) is 0. The standard InChI is InChI=1S/C24H31NO2S2/c1-2-3-4-5-6-7-8-9-10-11-14-25-23(26)21(19-12-15-28-17-19)22(24(25)27)20-13-16-29-18-20/h12-13,15-18H,2-11,14H2,1H3. The zero-order valence-corrected chi connectivity index (χ0v) is 19.0. The molecule has 29 heavy (non-hydrogen) atoms. The van der Waals surface area contributed by atoms with Crippen molar-refractivity contribution in [2.24, 2.45) is 0 Å². The number of imide groups is 1. The number of hydrogen-bond acceptors (Lipinski definition) is 4. The third-order valence-corrected chi connectivity index (χ3v) is 6.89. The van der Waals surface area contributed by atoms with Crippen molar-refractivity contribution in [2.45, 2.75) is 71.1 Å². The molecule has 2 aromatic heterocycles. The van der Waals surface area contributed by atoms with Crippen molar-refractivity contribution in [3.8, 4) is 0 Å². The zero-order valence-electron chi connectivity index (χ0n) is 17.3. The Balaban J connectivity index is 1.50. The van der Waals surface area contributed by atoms with Crippen molar-refractivity contribution in [2.75, 3.05) is 6.54 Å². The minimum Gasteiger partial charge on any atom is -0.274 e. The largest absolute Gasteiger partial charge is 0.274 e. The van der Waals surface area contributed by atoms with Crippen molar-refractivity contribution in [3.63, 3.8) is 0 Å². The van der Waals surface area contributed by atoms with Gasteiger partial charge in [0.1, 0.15) is 0 Å². The number of rotatable bonds is 13. The summed E-state index contributed by atoms with van der Waals surface area (Å²) in [6.07, 6.45) is 12.4. The summed E-state index contributed by atoms with van der Waals surface area (Å²) in [6.45, 7) is 2.77. The minimum atomic E-state index is -0.134. The average Bonchev–Trinajstić information content (AvgIpc) is 3.46. The van der Waals surface area contributed by atoms with Crippen molar-refractivity contribution in [3.05, 3.63) is 44.8 Å². The van der Waals surface area contributed by atoms with Gasteiger partial charge in [0.05, 0.1) is 11.1 Å². The zero-order chi connectivity index (χ0) is 20.5. The average molecular weight is 430 g/mol. The highest BCUT2D eigenvalue weighted by atomic mass is 32.1. The first-order valence-corrected chi connectivity index (χ1v) is 12.8. The second-order valence-electron chi connectivity index (χ2n) is 7.72. The first-order valence-electron chi connectivity index (χ1n) is 10.9. The van der Waals surface area contributed by atoms with Gasteiger partial charge in [-0.15, -0.1) is 0 Å². The van der Waals surface area contributed by atoms with E-state index >= 15 is 0 Å². The first kappa shape index (κ1) is 22.0. The molecule has 156 valence electrons. The van der Waals surface area contributed by atoms with E-state index in [4.69, 9.17) is 0 Å². The maximum Gasteiger partial charge on any atom is 0.262 e. The van der Waals surface area contributed by atoms with Crippen LogP contribution in [0, 0.1) is 0 Å². The highest BCUT2D eigenvalue weighted by Crippen LogP contribution is 2.37. The third-order valence-electron chi connectivity index (χ3n) is 5.52. The lowest BCUT2D eigenvalue weighted by Crippen LogP contribution is -2.32. The number of unbranched alkanes of at least 4 members (excludes halogenated alkanes) is 9. The molecule has 1 aliphatic heterocycles. The van der Waals surface area contributed by atoms with Crippen LogP contribution in [0.4, 0.5) is 0 Å². The molecule has 0 atom stereocenters. The van der Waals surface area contributed by atoms with E-state index in [1.807, 2.05) is 33.7 Å². The predicted octanol–water partition coefficient (Wildman–Crippen LogP) is 7.01. The van der Waals surface area contributed by atoms with Crippen LogP contribution in [0.15, 0.2) is 33.7 Å². The number of carbonyl (C=O) groups is 2. The summed E-state index contributed by atoms with van der Waals surface area (Å²) < 4.78 is 0. The lowest BCUT2D eigenvalue weighted by molar-refractivity contribution is -0.136. The molecule has 0 unspecified atom stereocenters. The van der Waals surface area contributed by atoms with E-state index in [2.05, 4.69) is 6.92 Å². The van der Waals surface area contributed by atoms with Gasteiger partial charge in [-0.3, -0.25) is 14.5 Å². The molecule has 0 saturated carbocycles. The van der Waals surface area contributed by atoms with E-state index in [0.717, 1.165) is 24.0 Å². The van der Waals surface area contributed by atoms with Crippen molar-refractivity contribution in [1.29, 1.82) is 0 Å². The molecule has 0 spiro atoms. The minimum absolute atomic E-state index is 0.134. The molecule has 1 aliphatic rings. The Bertz CT molecular complexity index is 750. The molecule has 0 bridgehead atoms. The molecule has 0 saturated heterocycles. The Kier molecular flexibility index (Phi) is 8.69. The van der Waals surface area contributed by atoms with Crippen LogP contribution in [0.3, 0.4) is 0 Å². The molecule has 2 aromatic rings. The Morgan fingerprint density at radius 1 is 0.690 bits per heavy atom. The Morgan fingerprint density at radius 2 is 1.14 bits per heavy atom. The lowest BCUT2D eigenvalue weighted by Gasteiger charge is -2.15. The van der Waals surface area contributed by atoms with E-state index in [0.29, 0.717) is 17.7 Å². The van der Waals surface area contributed by atoms with E-state index in [1.54, 1.807) is 22.7 Å². The van der Waals surface area contributed by atoms with Crippen molar-refractivity contribution in [1.82, 2.24) is 4.90 Å². The number of thiophene rings is 2. The summed E-state index contributed by atoms with van der Waals surface area (Å²) >= 11 is 3.10. The summed E-state index contributed by atoms with van der Waals surface area (Å²) in [6, 6.07) is 3.86. The second-order valence-corrected chi connectivity index (χ2v) is 9.28. The quantitative estimate of drug-likeness (QED) is 0.254. The molecule has 0 fully saturated rings. The van der Waals surface area contributed by atoms with Crippen molar-refractivity contribution >= 4 is 45.6 Å². The van der Waals surface area contributed by atoms with Crippen LogP contribution >= 0.6 is 22.7 Å². The smallest absolute Gasteiger partial charge is 0.262 e. The lowest BCUT2D eigenvalue weighted by atomic mass is 10.0. The van der Waals surface area contributed by atoms with Gasteiger partial charge in [-0.2, -0.15) is 22.7 Å². The summed E-state index contributed by atoms with van der Waals surface area (Å²) in [4.78, 5) is 27.6. The molecular formula is C24H31NO2S2. The Hall–Kier alpha value is -1.72. The van der Waals surface area contributed by atoms with Gasteiger partial charge in [-0.1, -0.05) is 64.7 Å². The van der Waals surface area contributed by atoms with Gasteiger partial charge in [0.15, 0.2) is 0 Å². The SMILES string of the molecule is CCCCCCCCCCCCN1C(=O)C(c2ccsc2)=C(c2ccsc2)C1=O. The van der Waals surface area contributed by atoms with Crippen LogP contribution in [0.2, 0.25) is 0 Å². The Labute approximate surface area is 182 Å². The fourth-order valence-corrected chi connectivity index (χ4v) is 5.18. The van der Waals surface area contributed by atoms with Crippen LogP contribution in [-0.4, -0.2) is 23.3 Å². The molecule has 0 aliphatic carbocycles. The van der Waals surface area contributed by atoms with Gasteiger partial charge < -0.3 is 0 Å². The molecule has 5 heteroatoms. The van der Waals surface area contributed by atoms with Gasteiger partial charge >= 0.3 is 0 Å². The molecule has 0 aromatic carbocycles. The predicted molar refractivity (Wildman–Crippen MR) is 124 cm³/mol. The number of amides is 2. The van der Waals surface area contributed by atoms with E-state index in [9.17, 15) is 9.59 Å². The van der Waals surface area contributed by atoms with Gasteiger partial charge in [0.25, 0.3) is 11.8 Å². The van der Waals surface area contributed by atoms with Crippen LogP contribution in [0.1, 0.15) is 82.3 Å². The van der Waals surface area contributed by atoms with E-state index in [1.165, 1.54) is 56.3 Å². The summed E-state index contributed by atoms with van der Waals surface area (Å²) in [5.74, 6) is -0.268. The molecule has 3 rings (SSSR count). The van der Waals surface area contributed by atoms with Crippen LogP contribution < -0.4 is 0 Å². The maximum absolute atomic E-state index is 13.1. The summed E-state index contributed by atoms with van der Waals surface area (Å²) in [5, 5.41) is 7.82.